The van der Waals surface area contributed by atoms with E-state index < -0.39 is 12.1 Å². The molecule has 1 aromatic heterocycles. The third-order valence-corrected chi connectivity index (χ3v) is 4.99. The largest absolute Gasteiger partial charge is 0.496 e. The Labute approximate surface area is 200 Å². The van der Waals surface area contributed by atoms with Gasteiger partial charge in [-0.15, -0.1) is 24.8 Å². The molecule has 0 radical (unpaired) electrons. The van der Waals surface area contributed by atoms with Gasteiger partial charge in [0.05, 0.1) is 13.2 Å². The predicted octanol–water partition coefficient (Wildman–Crippen LogP) is 4.55. The van der Waals surface area contributed by atoms with Crippen molar-refractivity contribution >= 4 is 30.8 Å². The summed E-state index contributed by atoms with van der Waals surface area (Å²) in [6.45, 7) is 2.54. The van der Waals surface area contributed by atoms with Crippen LogP contribution in [-0.4, -0.2) is 40.9 Å². The van der Waals surface area contributed by atoms with Crippen molar-refractivity contribution in [3.05, 3.63) is 83.7 Å². The van der Waals surface area contributed by atoms with Crippen molar-refractivity contribution in [3.63, 3.8) is 0 Å². The van der Waals surface area contributed by atoms with E-state index in [2.05, 4.69) is 29.4 Å². The molecule has 3 N–H and O–H groups in total. The number of rotatable bonds is 9. The number of aliphatic hydroxyl groups is 1. The minimum Gasteiger partial charge on any atom is -0.496 e. The summed E-state index contributed by atoms with van der Waals surface area (Å²) in [6.07, 6.45) is 3.59. The Morgan fingerprint density at radius 3 is 2.38 bits per heavy atom. The van der Waals surface area contributed by atoms with Crippen LogP contribution in [0.25, 0.3) is 11.1 Å². The normalized spacial score (nSPS) is 12.1. The molecule has 0 aliphatic heterocycles. The van der Waals surface area contributed by atoms with Gasteiger partial charge in [0, 0.05) is 30.5 Å². The monoisotopic (exact) mass is 478 g/mol. The molecule has 3 aromatic rings. The number of benzene rings is 2. The molecule has 0 aliphatic carbocycles. The SMILES string of the molecule is COc1cc(-c2ccc(C[C@@H](C)NC[C@H](O)c3cccnc3)cc2)ccc1C(=O)O.Cl.Cl. The van der Waals surface area contributed by atoms with E-state index in [4.69, 9.17) is 4.74 Å². The lowest BCUT2D eigenvalue weighted by molar-refractivity contribution is 0.0693. The van der Waals surface area contributed by atoms with Crippen LogP contribution in [0.5, 0.6) is 5.75 Å². The molecule has 0 unspecified atom stereocenters. The van der Waals surface area contributed by atoms with Gasteiger partial charge in [-0.1, -0.05) is 36.4 Å². The fourth-order valence-electron chi connectivity index (χ4n) is 3.31. The van der Waals surface area contributed by atoms with Crippen molar-refractivity contribution < 1.29 is 19.7 Å². The zero-order valence-electron chi connectivity index (χ0n) is 17.9. The molecule has 2 aromatic carbocycles. The maximum absolute atomic E-state index is 11.2. The lowest BCUT2D eigenvalue weighted by Crippen LogP contribution is -2.32. The molecule has 0 saturated carbocycles. The second-order valence-corrected chi connectivity index (χ2v) is 7.23. The quantitative estimate of drug-likeness (QED) is 0.417. The number of carboxylic acids is 1. The van der Waals surface area contributed by atoms with E-state index in [9.17, 15) is 15.0 Å². The highest BCUT2D eigenvalue weighted by Crippen LogP contribution is 2.27. The van der Waals surface area contributed by atoms with Crippen LogP contribution in [0.1, 0.15) is 34.5 Å². The Hall–Kier alpha value is -2.64. The summed E-state index contributed by atoms with van der Waals surface area (Å²) in [7, 11) is 1.47. The number of carboxylic acid groups (broad SMARTS) is 1. The molecular formula is C24H28Cl2N2O4. The van der Waals surface area contributed by atoms with Crippen molar-refractivity contribution in [1.82, 2.24) is 10.3 Å². The van der Waals surface area contributed by atoms with E-state index in [0.717, 1.165) is 23.1 Å². The van der Waals surface area contributed by atoms with E-state index in [1.54, 1.807) is 30.6 Å². The number of nitrogens with zero attached hydrogens (tertiary/aromatic N) is 1. The maximum atomic E-state index is 11.2. The van der Waals surface area contributed by atoms with Gasteiger partial charge in [-0.2, -0.15) is 0 Å². The van der Waals surface area contributed by atoms with Gasteiger partial charge in [0.25, 0.3) is 0 Å². The number of carbonyl (C=O) groups is 1. The molecule has 0 bridgehead atoms. The summed E-state index contributed by atoms with van der Waals surface area (Å²) >= 11 is 0. The molecule has 0 spiro atoms. The molecule has 8 heteroatoms. The summed E-state index contributed by atoms with van der Waals surface area (Å²) in [5.74, 6) is -0.669. The Morgan fingerprint density at radius 1 is 1.09 bits per heavy atom. The highest BCUT2D eigenvalue weighted by atomic mass is 35.5. The van der Waals surface area contributed by atoms with Crippen LogP contribution in [0.3, 0.4) is 0 Å². The van der Waals surface area contributed by atoms with Crippen LogP contribution in [-0.2, 0) is 6.42 Å². The minimum atomic E-state index is -1.01. The van der Waals surface area contributed by atoms with Crippen molar-refractivity contribution in [2.75, 3.05) is 13.7 Å². The first kappa shape index (κ1) is 27.4. The van der Waals surface area contributed by atoms with Gasteiger partial charge in [-0.3, -0.25) is 4.98 Å². The number of hydrogen-bond donors (Lipinski definition) is 3. The number of ether oxygens (including phenoxy) is 1. The van der Waals surface area contributed by atoms with Gasteiger partial charge in [-0.25, -0.2) is 4.79 Å². The summed E-state index contributed by atoms with van der Waals surface area (Å²) in [4.78, 5) is 15.3. The first-order valence-electron chi connectivity index (χ1n) is 9.80. The molecule has 1 heterocycles. The number of aromatic carboxylic acids is 1. The van der Waals surface area contributed by atoms with Gasteiger partial charge >= 0.3 is 5.97 Å². The first-order valence-corrected chi connectivity index (χ1v) is 9.80. The Balaban J connectivity index is 0.00000256. The summed E-state index contributed by atoms with van der Waals surface area (Å²) < 4.78 is 5.21. The van der Waals surface area contributed by atoms with E-state index in [1.165, 1.54) is 12.7 Å². The lowest BCUT2D eigenvalue weighted by atomic mass is 9.99. The van der Waals surface area contributed by atoms with Crippen LogP contribution in [0.4, 0.5) is 0 Å². The van der Waals surface area contributed by atoms with Gasteiger partial charge in [-0.05, 0) is 48.2 Å². The molecule has 0 saturated heterocycles. The number of hydrogen-bond acceptors (Lipinski definition) is 5. The zero-order chi connectivity index (χ0) is 21.5. The third kappa shape index (κ3) is 7.21. The highest BCUT2D eigenvalue weighted by molar-refractivity contribution is 5.92. The highest BCUT2D eigenvalue weighted by Gasteiger charge is 2.13. The van der Waals surface area contributed by atoms with E-state index in [-0.39, 0.29) is 36.4 Å². The number of halogens is 2. The van der Waals surface area contributed by atoms with Gasteiger partial charge in [0.15, 0.2) is 0 Å². The van der Waals surface area contributed by atoms with Crippen LogP contribution in [0.2, 0.25) is 0 Å². The average Bonchev–Trinajstić information content (AvgIpc) is 2.78. The minimum absolute atomic E-state index is 0. The number of nitrogens with one attached hydrogen (secondary N) is 1. The molecule has 6 nitrogen and oxygen atoms in total. The maximum Gasteiger partial charge on any atom is 0.339 e. The van der Waals surface area contributed by atoms with E-state index in [0.29, 0.717) is 12.3 Å². The Kier molecular flexibility index (Phi) is 11.2. The first-order chi connectivity index (χ1) is 14.5. The van der Waals surface area contributed by atoms with Gasteiger partial charge < -0.3 is 20.3 Å². The predicted molar refractivity (Wildman–Crippen MR) is 130 cm³/mol. The van der Waals surface area contributed by atoms with E-state index >= 15 is 0 Å². The molecular weight excluding hydrogens is 451 g/mol. The van der Waals surface area contributed by atoms with Crippen molar-refractivity contribution in [1.29, 1.82) is 0 Å². The summed E-state index contributed by atoms with van der Waals surface area (Å²) in [5.41, 5.74) is 4.00. The van der Waals surface area contributed by atoms with Crippen LogP contribution in [0.15, 0.2) is 67.0 Å². The lowest BCUT2D eigenvalue weighted by Gasteiger charge is -2.17. The van der Waals surface area contributed by atoms with Crippen molar-refractivity contribution in [2.45, 2.75) is 25.5 Å². The standard InChI is InChI=1S/C24H26N2O4.2ClH/c1-16(26-15-22(27)20-4-3-11-25-14-20)12-17-5-7-18(8-6-17)19-9-10-21(24(28)29)23(13-19)30-2;;/h3-11,13-14,16,22,26-27H,12,15H2,1-2H3,(H,28,29);2*1H/t16-,22+;;/m1../s1. The fourth-order valence-corrected chi connectivity index (χ4v) is 3.31. The number of aromatic nitrogens is 1. The summed E-state index contributed by atoms with van der Waals surface area (Å²) in [5, 5.41) is 22.8. The van der Waals surface area contributed by atoms with Crippen molar-refractivity contribution in [3.8, 4) is 16.9 Å². The molecule has 0 aliphatic rings. The fraction of sp³-hybridized carbons (Fsp3) is 0.250. The van der Waals surface area contributed by atoms with Gasteiger partial charge in [0.1, 0.15) is 11.3 Å². The molecule has 2 atom stereocenters. The number of pyridine rings is 1. The Bertz CT molecular complexity index is 985. The summed E-state index contributed by atoms with van der Waals surface area (Å²) in [6, 6.07) is 17.1. The van der Waals surface area contributed by atoms with E-state index in [1.807, 2.05) is 24.3 Å². The van der Waals surface area contributed by atoms with Crippen LogP contribution in [0, 0.1) is 0 Å². The number of methoxy groups -OCH3 is 1. The second kappa shape index (κ2) is 13.0. The zero-order valence-corrected chi connectivity index (χ0v) is 19.5. The topological polar surface area (TPSA) is 91.7 Å². The molecule has 0 amide bonds. The Morgan fingerprint density at radius 2 is 1.78 bits per heavy atom. The third-order valence-electron chi connectivity index (χ3n) is 4.99. The molecule has 0 fully saturated rings. The second-order valence-electron chi connectivity index (χ2n) is 7.23. The van der Waals surface area contributed by atoms with Crippen molar-refractivity contribution in [2.24, 2.45) is 0 Å². The van der Waals surface area contributed by atoms with Gasteiger partial charge in [0.2, 0.25) is 0 Å². The van der Waals surface area contributed by atoms with Crippen LogP contribution < -0.4 is 10.1 Å². The smallest absolute Gasteiger partial charge is 0.339 e. The molecule has 3 rings (SSSR count). The average molecular weight is 479 g/mol. The number of aliphatic hydroxyl groups excluding tert-OH is 1. The van der Waals surface area contributed by atoms with Crippen LogP contribution >= 0.6 is 24.8 Å². The molecule has 32 heavy (non-hydrogen) atoms. The molecule has 172 valence electrons.